The van der Waals surface area contributed by atoms with Crippen molar-refractivity contribution in [3.8, 4) is 5.75 Å². The van der Waals surface area contributed by atoms with Crippen LogP contribution in [0.2, 0.25) is 0 Å². The molecule has 0 unspecified atom stereocenters. The first-order valence-corrected chi connectivity index (χ1v) is 6.61. The average Bonchev–Trinajstić information content (AvgIpc) is 2.46. The Labute approximate surface area is 118 Å². The molecule has 3 N–H and O–H groups in total. The number of hydrogen-bond acceptors (Lipinski definition) is 3. The van der Waals surface area contributed by atoms with Crippen LogP contribution in [-0.2, 0) is 6.42 Å². The highest BCUT2D eigenvalue weighted by Gasteiger charge is 2.07. The van der Waals surface area contributed by atoms with E-state index >= 15 is 0 Å². The molecule has 2 aromatic carbocycles. The fraction of sp³-hybridized carbons (Fsp3) is 0.250. The number of methoxy groups -OCH3 is 1. The van der Waals surface area contributed by atoms with Crippen LogP contribution in [0.3, 0.4) is 0 Å². The number of aryl methyl sites for hydroxylation is 1. The fourth-order valence-corrected chi connectivity index (χ4v) is 2.04. The first kappa shape index (κ1) is 14.2. The maximum atomic E-state index is 13.4. The molecule has 0 atom stereocenters. The van der Waals surface area contributed by atoms with E-state index in [-0.39, 0.29) is 5.75 Å². The van der Waals surface area contributed by atoms with Crippen LogP contribution in [-0.4, -0.2) is 13.7 Å². The standard InChI is InChI=1S/C16H19FN2O/c1-20-16-11-15(14(18)10-13(16)17)19-9-5-8-12-6-3-2-4-7-12/h2-4,6-7,10-11,19H,5,8-9,18H2,1H3. The molecule has 0 saturated carbocycles. The Morgan fingerprint density at radius 3 is 2.65 bits per heavy atom. The summed E-state index contributed by atoms with van der Waals surface area (Å²) in [6, 6.07) is 13.2. The van der Waals surface area contributed by atoms with Gasteiger partial charge in [-0.05, 0) is 18.4 Å². The van der Waals surface area contributed by atoms with E-state index in [1.165, 1.54) is 18.7 Å². The topological polar surface area (TPSA) is 47.3 Å². The number of halogens is 1. The van der Waals surface area contributed by atoms with Crippen LogP contribution in [0.5, 0.6) is 5.75 Å². The van der Waals surface area contributed by atoms with Gasteiger partial charge in [-0.2, -0.15) is 0 Å². The van der Waals surface area contributed by atoms with Crippen LogP contribution in [0.25, 0.3) is 0 Å². The van der Waals surface area contributed by atoms with Crippen molar-refractivity contribution in [3.05, 3.63) is 53.8 Å². The lowest BCUT2D eigenvalue weighted by atomic mass is 10.1. The molecule has 0 heterocycles. The molecule has 4 heteroatoms. The van der Waals surface area contributed by atoms with Crippen LogP contribution < -0.4 is 15.8 Å². The summed E-state index contributed by atoms with van der Waals surface area (Å²) in [6.45, 7) is 0.772. The van der Waals surface area contributed by atoms with Gasteiger partial charge in [-0.3, -0.25) is 0 Å². The second kappa shape index (κ2) is 6.80. The predicted molar refractivity (Wildman–Crippen MR) is 80.6 cm³/mol. The third-order valence-electron chi connectivity index (χ3n) is 3.12. The van der Waals surface area contributed by atoms with Crippen molar-refractivity contribution in [2.45, 2.75) is 12.8 Å². The summed E-state index contributed by atoms with van der Waals surface area (Å²) in [5.41, 5.74) is 8.18. The lowest BCUT2D eigenvalue weighted by molar-refractivity contribution is 0.387. The molecule has 3 nitrogen and oxygen atoms in total. The molecule has 2 aromatic rings. The normalized spacial score (nSPS) is 10.3. The number of ether oxygens (including phenoxy) is 1. The molecule has 0 radical (unpaired) electrons. The molecule has 0 aliphatic carbocycles. The van der Waals surface area contributed by atoms with Crippen molar-refractivity contribution < 1.29 is 9.13 Å². The minimum Gasteiger partial charge on any atom is -0.494 e. The van der Waals surface area contributed by atoms with Crippen molar-refractivity contribution in [3.63, 3.8) is 0 Å². The maximum Gasteiger partial charge on any atom is 0.167 e. The van der Waals surface area contributed by atoms with Gasteiger partial charge in [0.2, 0.25) is 0 Å². The number of rotatable bonds is 6. The molecule has 0 amide bonds. The molecule has 0 aliphatic rings. The molecular formula is C16H19FN2O. The Morgan fingerprint density at radius 2 is 1.95 bits per heavy atom. The first-order valence-electron chi connectivity index (χ1n) is 6.61. The zero-order valence-electron chi connectivity index (χ0n) is 11.5. The highest BCUT2D eigenvalue weighted by molar-refractivity contribution is 5.68. The summed E-state index contributed by atoms with van der Waals surface area (Å²) < 4.78 is 18.4. The molecule has 106 valence electrons. The van der Waals surface area contributed by atoms with Crippen LogP contribution in [0.15, 0.2) is 42.5 Å². The predicted octanol–water partition coefficient (Wildman–Crippen LogP) is 3.46. The van der Waals surface area contributed by atoms with E-state index in [9.17, 15) is 4.39 Å². The molecule has 0 aliphatic heterocycles. The Balaban J connectivity index is 1.88. The van der Waals surface area contributed by atoms with Gasteiger partial charge in [0.1, 0.15) is 0 Å². The van der Waals surface area contributed by atoms with Crippen LogP contribution in [0.4, 0.5) is 15.8 Å². The summed E-state index contributed by atoms with van der Waals surface area (Å²) >= 11 is 0. The van der Waals surface area contributed by atoms with Gasteiger partial charge in [-0.1, -0.05) is 30.3 Å². The van der Waals surface area contributed by atoms with Crippen molar-refractivity contribution in [2.24, 2.45) is 0 Å². The smallest absolute Gasteiger partial charge is 0.167 e. The number of nitrogens with two attached hydrogens (primary N) is 1. The van der Waals surface area contributed by atoms with E-state index in [1.54, 1.807) is 6.07 Å². The van der Waals surface area contributed by atoms with Crippen molar-refractivity contribution in [2.75, 3.05) is 24.7 Å². The van der Waals surface area contributed by atoms with Crippen molar-refractivity contribution in [1.82, 2.24) is 0 Å². The van der Waals surface area contributed by atoms with E-state index < -0.39 is 5.82 Å². The van der Waals surface area contributed by atoms with Crippen LogP contribution >= 0.6 is 0 Å². The van der Waals surface area contributed by atoms with Crippen molar-refractivity contribution >= 4 is 11.4 Å². The molecule has 0 aromatic heterocycles. The summed E-state index contributed by atoms with van der Waals surface area (Å²) in [6.07, 6.45) is 1.97. The van der Waals surface area contributed by atoms with Gasteiger partial charge in [0.15, 0.2) is 11.6 Å². The minimum atomic E-state index is -0.445. The Kier molecular flexibility index (Phi) is 4.82. The van der Waals surface area contributed by atoms with Gasteiger partial charge in [-0.15, -0.1) is 0 Å². The van der Waals surface area contributed by atoms with E-state index in [1.807, 2.05) is 18.2 Å². The zero-order chi connectivity index (χ0) is 14.4. The molecular weight excluding hydrogens is 255 g/mol. The Hall–Kier alpha value is -2.23. The average molecular weight is 274 g/mol. The van der Waals surface area contributed by atoms with Gasteiger partial charge in [0.25, 0.3) is 0 Å². The zero-order valence-corrected chi connectivity index (χ0v) is 11.5. The second-order valence-electron chi connectivity index (χ2n) is 4.59. The van der Waals surface area contributed by atoms with E-state index in [4.69, 9.17) is 10.5 Å². The number of nitrogen functional groups attached to an aromatic ring is 1. The lowest BCUT2D eigenvalue weighted by Crippen LogP contribution is -2.06. The number of nitrogens with one attached hydrogen (secondary N) is 1. The third-order valence-corrected chi connectivity index (χ3v) is 3.12. The molecule has 0 saturated heterocycles. The fourth-order valence-electron chi connectivity index (χ4n) is 2.04. The Bertz CT molecular complexity index is 558. The van der Waals surface area contributed by atoms with Gasteiger partial charge in [-0.25, -0.2) is 4.39 Å². The molecule has 20 heavy (non-hydrogen) atoms. The van der Waals surface area contributed by atoms with E-state index in [0.717, 1.165) is 19.4 Å². The second-order valence-corrected chi connectivity index (χ2v) is 4.59. The van der Waals surface area contributed by atoms with Gasteiger partial charge in [0, 0.05) is 18.7 Å². The van der Waals surface area contributed by atoms with Gasteiger partial charge in [0.05, 0.1) is 18.5 Å². The number of benzene rings is 2. The van der Waals surface area contributed by atoms with Gasteiger partial charge < -0.3 is 15.8 Å². The van der Waals surface area contributed by atoms with Crippen LogP contribution in [0, 0.1) is 5.82 Å². The van der Waals surface area contributed by atoms with E-state index in [0.29, 0.717) is 11.4 Å². The summed E-state index contributed by atoms with van der Waals surface area (Å²) in [5.74, 6) is -0.246. The van der Waals surface area contributed by atoms with E-state index in [2.05, 4.69) is 17.4 Å². The summed E-state index contributed by atoms with van der Waals surface area (Å²) in [5, 5.41) is 3.21. The highest BCUT2D eigenvalue weighted by Crippen LogP contribution is 2.27. The quantitative estimate of drug-likeness (QED) is 0.626. The maximum absolute atomic E-state index is 13.4. The largest absolute Gasteiger partial charge is 0.494 e. The van der Waals surface area contributed by atoms with Crippen molar-refractivity contribution in [1.29, 1.82) is 0 Å². The highest BCUT2D eigenvalue weighted by atomic mass is 19.1. The molecule has 0 spiro atoms. The SMILES string of the molecule is COc1cc(NCCCc2ccccc2)c(N)cc1F. The third kappa shape index (κ3) is 3.63. The minimum absolute atomic E-state index is 0.199. The molecule has 2 rings (SSSR count). The monoisotopic (exact) mass is 274 g/mol. The number of hydrogen-bond donors (Lipinski definition) is 2. The van der Waals surface area contributed by atoms with Gasteiger partial charge >= 0.3 is 0 Å². The van der Waals surface area contributed by atoms with Crippen LogP contribution in [0.1, 0.15) is 12.0 Å². The lowest BCUT2D eigenvalue weighted by Gasteiger charge is -2.11. The Morgan fingerprint density at radius 1 is 1.20 bits per heavy atom. The molecule has 0 fully saturated rings. The molecule has 0 bridgehead atoms. The number of anilines is 2. The first-order chi connectivity index (χ1) is 9.70. The summed E-state index contributed by atoms with van der Waals surface area (Å²) in [7, 11) is 1.44. The summed E-state index contributed by atoms with van der Waals surface area (Å²) in [4.78, 5) is 0.